The monoisotopic (exact) mass is 490 g/mol. The molecule has 154 valence electrons. The predicted molar refractivity (Wildman–Crippen MR) is 122 cm³/mol. The van der Waals surface area contributed by atoms with E-state index in [9.17, 15) is 0 Å². The normalized spacial score (nSPS) is 18.2. The minimum absolute atomic E-state index is 0. The summed E-state index contributed by atoms with van der Waals surface area (Å²) < 4.78 is 11.1. The van der Waals surface area contributed by atoms with E-state index in [0.717, 1.165) is 51.7 Å². The smallest absolute Gasteiger partial charge is 0.191 e. The van der Waals surface area contributed by atoms with E-state index in [1.807, 2.05) is 6.07 Å². The van der Waals surface area contributed by atoms with E-state index in [2.05, 4.69) is 60.8 Å². The Balaban J connectivity index is 0.00000364. The van der Waals surface area contributed by atoms with E-state index < -0.39 is 0 Å². The zero-order chi connectivity index (χ0) is 18.6. The lowest BCUT2D eigenvalue weighted by Gasteiger charge is -2.23. The summed E-state index contributed by atoms with van der Waals surface area (Å²) in [5.41, 5.74) is 1.28. The van der Waals surface area contributed by atoms with E-state index in [1.165, 1.54) is 5.56 Å². The quantitative estimate of drug-likeness (QED) is 0.229. The lowest BCUT2D eigenvalue weighted by Crippen LogP contribution is -2.39. The third kappa shape index (κ3) is 9.23. The van der Waals surface area contributed by atoms with Crippen LogP contribution in [0, 0.1) is 0 Å². The average Bonchev–Trinajstić information content (AvgIpc) is 3.15. The average molecular weight is 490 g/mol. The summed E-state index contributed by atoms with van der Waals surface area (Å²) in [7, 11) is 4.19. The van der Waals surface area contributed by atoms with Crippen LogP contribution in [0.15, 0.2) is 35.3 Å². The Hall–Kier alpha value is -0.900. The first-order valence-electron chi connectivity index (χ1n) is 9.63. The van der Waals surface area contributed by atoms with Crippen LogP contribution in [-0.4, -0.2) is 70.5 Å². The van der Waals surface area contributed by atoms with Crippen LogP contribution < -0.4 is 10.6 Å². The van der Waals surface area contributed by atoms with Gasteiger partial charge >= 0.3 is 0 Å². The number of guanidine groups is 1. The van der Waals surface area contributed by atoms with Crippen molar-refractivity contribution in [3.8, 4) is 0 Å². The molecule has 2 N–H and O–H groups in total. The minimum atomic E-state index is 0. The van der Waals surface area contributed by atoms with E-state index in [-0.39, 0.29) is 36.1 Å². The minimum Gasteiger partial charge on any atom is -0.379 e. The Labute approximate surface area is 181 Å². The highest BCUT2D eigenvalue weighted by Crippen LogP contribution is 2.17. The summed E-state index contributed by atoms with van der Waals surface area (Å²) >= 11 is 0. The van der Waals surface area contributed by atoms with Gasteiger partial charge in [-0.05, 0) is 39.4 Å². The van der Waals surface area contributed by atoms with Crippen LogP contribution in [-0.2, 0) is 9.47 Å². The Morgan fingerprint density at radius 1 is 1.30 bits per heavy atom. The van der Waals surface area contributed by atoms with Crippen molar-refractivity contribution in [3.63, 3.8) is 0 Å². The van der Waals surface area contributed by atoms with Gasteiger partial charge in [-0.15, -0.1) is 24.0 Å². The number of ether oxygens (including phenoxy) is 2. The molecule has 7 heteroatoms. The fourth-order valence-electron chi connectivity index (χ4n) is 2.93. The number of likely N-dealkylation sites (N-methyl/N-ethyl adjacent to an activating group) is 1. The van der Waals surface area contributed by atoms with Crippen molar-refractivity contribution in [3.05, 3.63) is 35.9 Å². The van der Waals surface area contributed by atoms with Gasteiger partial charge in [-0.1, -0.05) is 30.3 Å². The molecule has 2 rings (SSSR count). The Kier molecular flexibility index (Phi) is 12.6. The van der Waals surface area contributed by atoms with Crippen molar-refractivity contribution < 1.29 is 9.47 Å². The number of rotatable bonds is 10. The van der Waals surface area contributed by atoms with Gasteiger partial charge in [-0.3, -0.25) is 4.99 Å². The second-order valence-electron chi connectivity index (χ2n) is 6.75. The SMILES string of the molecule is CCNC(=NCC(c1ccccc1)N(C)C)NCCCOC1CCOC1.I. The molecule has 0 amide bonds. The molecule has 0 bridgehead atoms. The molecule has 0 aliphatic carbocycles. The molecule has 1 aliphatic heterocycles. The molecule has 6 nitrogen and oxygen atoms in total. The van der Waals surface area contributed by atoms with E-state index in [1.54, 1.807) is 0 Å². The van der Waals surface area contributed by atoms with Crippen molar-refractivity contribution in [1.82, 2.24) is 15.5 Å². The summed E-state index contributed by atoms with van der Waals surface area (Å²) in [5, 5.41) is 6.72. The molecule has 0 aromatic heterocycles. The van der Waals surface area contributed by atoms with Gasteiger partial charge in [-0.2, -0.15) is 0 Å². The number of halogens is 1. The summed E-state index contributed by atoms with van der Waals surface area (Å²) in [6.07, 6.45) is 2.25. The molecule has 1 aromatic rings. The molecule has 0 radical (unpaired) electrons. The van der Waals surface area contributed by atoms with E-state index >= 15 is 0 Å². The third-order valence-electron chi connectivity index (χ3n) is 4.43. The summed E-state index contributed by atoms with van der Waals surface area (Å²) in [6, 6.07) is 10.8. The molecule has 1 saturated heterocycles. The maximum Gasteiger partial charge on any atom is 0.191 e. The highest BCUT2D eigenvalue weighted by atomic mass is 127. The zero-order valence-electron chi connectivity index (χ0n) is 16.8. The molecule has 1 aliphatic rings. The van der Waals surface area contributed by atoms with Crippen LogP contribution in [0.25, 0.3) is 0 Å². The zero-order valence-corrected chi connectivity index (χ0v) is 19.1. The summed E-state index contributed by atoms with van der Waals surface area (Å²) in [6.45, 7) is 6.81. The first kappa shape index (κ1) is 24.1. The fourth-order valence-corrected chi connectivity index (χ4v) is 2.93. The molecular formula is C20H35IN4O2. The molecule has 0 spiro atoms. The number of benzene rings is 1. The standard InChI is InChI=1S/C20H34N4O2.HI/c1-4-21-20(22-12-8-13-26-18-11-14-25-16-18)23-15-19(24(2)3)17-9-6-5-7-10-17;/h5-7,9-10,18-19H,4,8,11-16H2,1-3H3,(H2,21,22,23);1H. The number of nitrogens with one attached hydrogen (secondary N) is 2. The molecule has 1 aromatic carbocycles. The van der Waals surface area contributed by atoms with E-state index in [4.69, 9.17) is 14.5 Å². The summed E-state index contributed by atoms with van der Waals surface area (Å²) in [4.78, 5) is 6.99. The highest BCUT2D eigenvalue weighted by molar-refractivity contribution is 14.0. The van der Waals surface area contributed by atoms with Crippen LogP contribution >= 0.6 is 24.0 Å². The maximum atomic E-state index is 5.80. The van der Waals surface area contributed by atoms with Gasteiger partial charge in [-0.25, -0.2) is 0 Å². The van der Waals surface area contributed by atoms with Crippen molar-refractivity contribution in [1.29, 1.82) is 0 Å². The summed E-state index contributed by atoms with van der Waals surface area (Å²) in [5.74, 6) is 0.861. The van der Waals surface area contributed by atoms with Gasteiger partial charge in [0.05, 0.1) is 25.3 Å². The van der Waals surface area contributed by atoms with Gasteiger partial charge in [0, 0.05) is 26.3 Å². The number of hydrogen-bond acceptors (Lipinski definition) is 4. The molecule has 1 heterocycles. The van der Waals surface area contributed by atoms with Crippen LogP contribution in [0.1, 0.15) is 31.4 Å². The number of aliphatic imine (C=N–C) groups is 1. The fraction of sp³-hybridized carbons (Fsp3) is 0.650. The van der Waals surface area contributed by atoms with Gasteiger partial charge in [0.2, 0.25) is 0 Å². The topological polar surface area (TPSA) is 58.1 Å². The van der Waals surface area contributed by atoms with Gasteiger partial charge in [0.25, 0.3) is 0 Å². The predicted octanol–water partition coefficient (Wildman–Crippen LogP) is 2.66. The largest absolute Gasteiger partial charge is 0.379 e. The molecule has 2 unspecified atom stereocenters. The molecule has 27 heavy (non-hydrogen) atoms. The van der Waals surface area contributed by atoms with Gasteiger partial charge in [0.1, 0.15) is 0 Å². The van der Waals surface area contributed by atoms with Crippen LogP contribution in [0.3, 0.4) is 0 Å². The first-order valence-corrected chi connectivity index (χ1v) is 9.63. The van der Waals surface area contributed by atoms with Crippen molar-refractivity contribution in [2.45, 2.75) is 31.9 Å². The van der Waals surface area contributed by atoms with Gasteiger partial charge in [0.15, 0.2) is 5.96 Å². The molecular weight excluding hydrogens is 455 g/mol. The Morgan fingerprint density at radius 2 is 2.07 bits per heavy atom. The van der Waals surface area contributed by atoms with E-state index in [0.29, 0.717) is 6.54 Å². The van der Waals surface area contributed by atoms with Crippen molar-refractivity contribution in [2.75, 3.05) is 53.6 Å². The number of hydrogen-bond donors (Lipinski definition) is 2. The van der Waals surface area contributed by atoms with Gasteiger partial charge < -0.3 is 25.0 Å². The maximum absolute atomic E-state index is 5.80. The lowest BCUT2D eigenvalue weighted by atomic mass is 10.1. The second kappa shape index (κ2) is 14.1. The van der Waals surface area contributed by atoms with Crippen molar-refractivity contribution in [2.24, 2.45) is 4.99 Å². The molecule has 1 fully saturated rings. The number of nitrogens with zero attached hydrogens (tertiary/aromatic N) is 2. The lowest BCUT2D eigenvalue weighted by molar-refractivity contribution is 0.0420. The molecule has 2 atom stereocenters. The van der Waals surface area contributed by atoms with Crippen LogP contribution in [0.5, 0.6) is 0 Å². The van der Waals surface area contributed by atoms with Crippen LogP contribution in [0.4, 0.5) is 0 Å². The third-order valence-corrected chi connectivity index (χ3v) is 4.43. The second-order valence-corrected chi connectivity index (χ2v) is 6.75. The Bertz CT molecular complexity index is 522. The van der Waals surface area contributed by atoms with Crippen molar-refractivity contribution >= 4 is 29.9 Å². The van der Waals surface area contributed by atoms with Crippen LogP contribution in [0.2, 0.25) is 0 Å². The molecule has 0 saturated carbocycles. The highest BCUT2D eigenvalue weighted by Gasteiger charge is 2.15. The first-order chi connectivity index (χ1) is 12.7. The Morgan fingerprint density at radius 3 is 2.70 bits per heavy atom.